The Bertz CT molecular complexity index is 459. The maximum absolute atomic E-state index is 12.1. The molecule has 0 aliphatic rings. The number of hydrogen-bond donors (Lipinski definition) is 0. The predicted octanol–water partition coefficient (Wildman–Crippen LogP) is 3.55. The van der Waals surface area contributed by atoms with Gasteiger partial charge in [0.05, 0.1) is 18.2 Å². The van der Waals surface area contributed by atoms with Gasteiger partial charge >= 0.3 is 6.36 Å². The minimum absolute atomic E-state index is 0.0605. The van der Waals surface area contributed by atoms with Crippen molar-refractivity contribution in [2.24, 2.45) is 0 Å². The third-order valence-electron chi connectivity index (χ3n) is 1.69. The maximum atomic E-state index is 12.1. The lowest BCUT2D eigenvalue weighted by Gasteiger charge is -2.12. The Balaban J connectivity index is 3.18. The molecule has 17 heavy (non-hydrogen) atoms. The molecule has 1 rings (SSSR count). The first-order valence-corrected chi connectivity index (χ1v) is 6.44. The maximum Gasteiger partial charge on any atom is 0.574 e. The zero-order valence-corrected chi connectivity index (χ0v) is 11.9. The van der Waals surface area contributed by atoms with E-state index in [0.717, 1.165) is 0 Å². The number of pyridine rings is 1. The van der Waals surface area contributed by atoms with E-state index in [1.807, 2.05) is 28.7 Å². The number of ether oxygens (including phenoxy) is 1. The molecule has 1 aromatic heterocycles. The van der Waals surface area contributed by atoms with E-state index in [9.17, 15) is 13.2 Å². The molecule has 0 saturated heterocycles. The van der Waals surface area contributed by atoms with Crippen molar-refractivity contribution in [3.05, 3.63) is 20.9 Å². The molecule has 0 aliphatic heterocycles. The van der Waals surface area contributed by atoms with E-state index in [0.29, 0.717) is 3.57 Å². The summed E-state index contributed by atoms with van der Waals surface area (Å²) < 4.78 is 40.8. The molecule has 0 aliphatic carbocycles. The number of alkyl halides is 4. The van der Waals surface area contributed by atoms with E-state index in [2.05, 4.69) is 25.7 Å². The van der Waals surface area contributed by atoms with Crippen molar-refractivity contribution < 1.29 is 17.9 Å². The number of halogens is 5. The van der Waals surface area contributed by atoms with Gasteiger partial charge in [0, 0.05) is 14.5 Å². The molecule has 0 unspecified atom stereocenters. The third-order valence-corrected chi connectivity index (χ3v) is 3.23. The summed E-state index contributed by atoms with van der Waals surface area (Å²) in [5, 5.41) is 8.72. The van der Waals surface area contributed by atoms with Crippen molar-refractivity contribution in [1.29, 1.82) is 5.26 Å². The molecule has 0 spiro atoms. The van der Waals surface area contributed by atoms with E-state index < -0.39 is 12.2 Å². The summed E-state index contributed by atoms with van der Waals surface area (Å²) in [5.41, 5.74) is 0.561. The predicted molar refractivity (Wildman–Crippen MR) is 65.6 cm³/mol. The fourth-order valence-corrected chi connectivity index (χ4v) is 2.13. The molecule has 8 heteroatoms. The van der Waals surface area contributed by atoms with Crippen LogP contribution in [0.1, 0.15) is 11.3 Å². The molecular weight excluding hydrogens is 416 g/mol. The summed E-state index contributed by atoms with van der Waals surface area (Å²) in [5.74, 6) is -0.514. The zero-order chi connectivity index (χ0) is 13.1. The van der Waals surface area contributed by atoms with Crippen LogP contribution in [-0.4, -0.2) is 11.3 Å². The summed E-state index contributed by atoms with van der Waals surface area (Å²) >= 11 is 4.97. The molecule has 0 atom stereocenters. The molecule has 92 valence electrons. The van der Waals surface area contributed by atoms with Crippen LogP contribution in [0.5, 0.6) is 5.88 Å². The lowest BCUT2D eigenvalue weighted by Crippen LogP contribution is -2.19. The molecule has 0 N–H and O–H groups in total. The summed E-state index contributed by atoms with van der Waals surface area (Å²) in [6, 6.07) is 3.35. The molecular formula is C9H5BrF3IN2O. The van der Waals surface area contributed by atoms with Crippen molar-refractivity contribution in [2.45, 2.75) is 18.1 Å². The van der Waals surface area contributed by atoms with Crippen molar-refractivity contribution in [3.8, 4) is 11.9 Å². The zero-order valence-electron chi connectivity index (χ0n) is 8.18. The normalized spacial score (nSPS) is 11.1. The van der Waals surface area contributed by atoms with Gasteiger partial charge in [-0.05, 0) is 28.7 Å². The monoisotopic (exact) mass is 420 g/mol. The van der Waals surface area contributed by atoms with E-state index in [1.165, 1.54) is 6.07 Å². The molecule has 0 saturated carbocycles. The Labute approximate surface area is 117 Å². The number of nitriles is 1. The Morgan fingerprint density at radius 1 is 1.53 bits per heavy atom. The number of hydrogen-bond acceptors (Lipinski definition) is 3. The van der Waals surface area contributed by atoms with Crippen LogP contribution >= 0.6 is 38.5 Å². The van der Waals surface area contributed by atoms with Gasteiger partial charge in [0.2, 0.25) is 5.88 Å². The highest BCUT2D eigenvalue weighted by Crippen LogP contribution is 2.28. The average molecular weight is 421 g/mol. The van der Waals surface area contributed by atoms with Gasteiger partial charge in [0.15, 0.2) is 0 Å². The minimum atomic E-state index is -4.79. The lowest BCUT2D eigenvalue weighted by molar-refractivity contribution is -0.276. The third kappa shape index (κ3) is 4.31. The Hall–Kier alpha value is -0.560. The van der Waals surface area contributed by atoms with E-state index in [-0.39, 0.29) is 23.0 Å². The molecule has 1 heterocycles. The quantitative estimate of drug-likeness (QED) is 0.555. The van der Waals surface area contributed by atoms with Gasteiger partial charge < -0.3 is 4.74 Å². The number of aromatic nitrogens is 1. The second-order valence-electron chi connectivity index (χ2n) is 2.90. The van der Waals surface area contributed by atoms with E-state index >= 15 is 0 Å². The smallest absolute Gasteiger partial charge is 0.388 e. The number of nitrogens with zero attached hydrogens (tertiary/aromatic N) is 2. The fourth-order valence-electron chi connectivity index (χ4n) is 1.04. The Morgan fingerprint density at radius 2 is 2.18 bits per heavy atom. The lowest BCUT2D eigenvalue weighted by atomic mass is 10.2. The van der Waals surface area contributed by atoms with E-state index in [4.69, 9.17) is 5.26 Å². The molecule has 1 aromatic rings. The second kappa shape index (κ2) is 5.86. The van der Waals surface area contributed by atoms with Crippen molar-refractivity contribution >= 4 is 38.5 Å². The van der Waals surface area contributed by atoms with Gasteiger partial charge in [0.1, 0.15) is 0 Å². The van der Waals surface area contributed by atoms with Crippen LogP contribution in [0.25, 0.3) is 0 Å². The van der Waals surface area contributed by atoms with Gasteiger partial charge in [-0.25, -0.2) is 4.98 Å². The fraction of sp³-hybridized carbons (Fsp3) is 0.333. The molecule has 3 nitrogen and oxygen atoms in total. The van der Waals surface area contributed by atoms with Gasteiger partial charge in [-0.2, -0.15) is 5.26 Å². The SMILES string of the molecule is N#CCc1nc(OC(F)(F)F)c(CBr)cc1I. The Kier molecular flexibility index (Phi) is 5.00. The molecule has 0 aromatic carbocycles. The highest BCUT2D eigenvalue weighted by molar-refractivity contribution is 14.1. The first kappa shape index (κ1) is 14.5. The van der Waals surface area contributed by atoms with Crippen LogP contribution in [0.2, 0.25) is 0 Å². The highest BCUT2D eigenvalue weighted by atomic mass is 127. The van der Waals surface area contributed by atoms with Crippen molar-refractivity contribution in [2.75, 3.05) is 0 Å². The largest absolute Gasteiger partial charge is 0.574 e. The van der Waals surface area contributed by atoms with Crippen LogP contribution in [0.4, 0.5) is 13.2 Å². The van der Waals surface area contributed by atoms with Crippen LogP contribution in [-0.2, 0) is 11.8 Å². The second-order valence-corrected chi connectivity index (χ2v) is 4.62. The summed E-state index contributed by atoms with van der Waals surface area (Å²) in [6.07, 6.45) is -4.85. The molecule has 0 fully saturated rings. The first-order valence-electron chi connectivity index (χ1n) is 4.24. The number of rotatable bonds is 3. The van der Waals surface area contributed by atoms with Gasteiger partial charge in [0.25, 0.3) is 0 Å². The van der Waals surface area contributed by atoms with Crippen LogP contribution < -0.4 is 4.74 Å². The van der Waals surface area contributed by atoms with Gasteiger partial charge in [-0.3, -0.25) is 0 Å². The van der Waals surface area contributed by atoms with Crippen LogP contribution in [0.15, 0.2) is 6.07 Å². The summed E-state index contributed by atoms with van der Waals surface area (Å²) in [7, 11) is 0. The molecule has 0 radical (unpaired) electrons. The molecule has 0 bridgehead atoms. The summed E-state index contributed by atoms with van der Waals surface area (Å²) in [6.45, 7) is 0. The summed E-state index contributed by atoms with van der Waals surface area (Å²) in [4.78, 5) is 3.72. The highest BCUT2D eigenvalue weighted by Gasteiger charge is 2.33. The van der Waals surface area contributed by atoms with Gasteiger partial charge in [-0.15, -0.1) is 13.2 Å². The Morgan fingerprint density at radius 3 is 2.65 bits per heavy atom. The standard InChI is InChI=1S/C9H5BrF3IN2O/c10-4-5-3-6(14)7(1-2-15)16-8(5)17-9(11,12)13/h3H,1,4H2. The van der Waals surface area contributed by atoms with Crippen LogP contribution in [0.3, 0.4) is 0 Å². The van der Waals surface area contributed by atoms with Crippen molar-refractivity contribution in [1.82, 2.24) is 4.98 Å². The van der Waals surface area contributed by atoms with Crippen LogP contribution in [0, 0.1) is 14.9 Å². The molecule has 0 amide bonds. The topological polar surface area (TPSA) is 45.9 Å². The van der Waals surface area contributed by atoms with Gasteiger partial charge in [-0.1, -0.05) is 15.9 Å². The van der Waals surface area contributed by atoms with Crippen molar-refractivity contribution in [3.63, 3.8) is 0 Å². The average Bonchev–Trinajstić information content (AvgIpc) is 2.20. The van der Waals surface area contributed by atoms with E-state index in [1.54, 1.807) is 0 Å². The minimum Gasteiger partial charge on any atom is -0.388 e. The first-order chi connectivity index (χ1) is 7.87.